The Morgan fingerprint density at radius 1 is 1.23 bits per heavy atom. The number of hydrogen-bond acceptors (Lipinski definition) is 5. The van der Waals surface area contributed by atoms with E-state index in [1.165, 1.54) is 16.7 Å². The third-order valence-electron chi connectivity index (χ3n) is 4.25. The van der Waals surface area contributed by atoms with E-state index in [0.29, 0.717) is 31.0 Å². The first kappa shape index (κ1) is 15.2. The minimum atomic E-state index is 0.0973. The van der Waals surface area contributed by atoms with Gasteiger partial charge >= 0.3 is 0 Å². The summed E-state index contributed by atoms with van der Waals surface area (Å²) in [6, 6.07) is 6.88. The van der Waals surface area contributed by atoms with E-state index in [9.17, 15) is 0 Å². The summed E-state index contributed by atoms with van der Waals surface area (Å²) in [6.07, 6.45) is 0.0973. The maximum Gasteiger partial charge on any atom is 0.230 e. The van der Waals surface area contributed by atoms with Gasteiger partial charge < -0.3 is 9.15 Å². The molecule has 1 aromatic carbocycles. The molecule has 5 nitrogen and oxygen atoms in total. The molecule has 2 atom stereocenters. The van der Waals surface area contributed by atoms with E-state index in [1.807, 2.05) is 6.92 Å². The molecule has 118 valence electrons. The van der Waals surface area contributed by atoms with Crippen molar-refractivity contribution in [2.45, 2.75) is 46.4 Å². The number of morpholine rings is 1. The normalized spacial score (nSPS) is 22.9. The molecule has 0 unspecified atom stereocenters. The third-order valence-corrected chi connectivity index (χ3v) is 4.25. The van der Waals surface area contributed by atoms with Gasteiger partial charge in [0.1, 0.15) is 0 Å². The van der Waals surface area contributed by atoms with Gasteiger partial charge in [0.15, 0.2) is 0 Å². The first-order chi connectivity index (χ1) is 10.5. The number of benzene rings is 1. The van der Waals surface area contributed by atoms with Crippen LogP contribution < -0.4 is 0 Å². The molecule has 0 bridgehead atoms. The van der Waals surface area contributed by atoms with Crippen molar-refractivity contribution in [3.63, 3.8) is 0 Å². The molecule has 0 spiro atoms. The van der Waals surface area contributed by atoms with Gasteiger partial charge in [0.2, 0.25) is 11.8 Å². The summed E-state index contributed by atoms with van der Waals surface area (Å²) in [7, 11) is 0. The van der Waals surface area contributed by atoms with E-state index < -0.39 is 0 Å². The molecule has 22 heavy (non-hydrogen) atoms. The highest BCUT2D eigenvalue weighted by atomic mass is 16.5. The lowest BCUT2D eigenvalue weighted by molar-refractivity contribution is -0.0658. The number of aromatic nitrogens is 2. The van der Waals surface area contributed by atoms with Gasteiger partial charge in [-0.05, 0) is 31.9 Å². The Morgan fingerprint density at radius 3 is 2.77 bits per heavy atom. The van der Waals surface area contributed by atoms with Crippen molar-refractivity contribution >= 4 is 0 Å². The lowest BCUT2D eigenvalue weighted by Crippen LogP contribution is -2.44. The lowest BCUT2D eigenvalue weighted by Gasteiger charge is -2.37. The van der Waals surface area contributed by atoms with E-state index in [4.69, 9.17) is 9.15 Å². The Hall–Kier alpha value is -1.72. The van der Waals surface area contributed by atoms with Crippen molar-refractivity contribution in [3.05, 3.63) is 46.7 Å². The Labute approximate surface area is 131 Å². The van der Waals surface area contributed by atoms with E-state index in [1.54, 1.807) is 0 Å². The molecule has 1 fully saturated rings. The fraction of sp³-hybridized carbons (Fsp3) is 0.529. The number of aryl methyl sites for hydroxylation is 3. The van der Waals surface area contributed by atoms with Gasteiger partial charge in [-0.1, -0.05) is 23.8 Å². The number of ether oxygens (including phenoxy) is 1. The first-order valence-electron chi connectivity index (χ1n) is 7.74. The molecule has 2 heterocycles. The second-order valence-corrected chi connectivity index (χ2v) is 6.18. The molecule has 2 aromatic rings. The first-order valence-corrected chi connectivity index (χ1v) is 7.74. The van der Waals surface area contributed by atoms with Crippen molar-refractivity contribution in [2.24, 2.45) is 0 Å². The fourth-order valence-corrected chi connectivity index (χ4v) is 2.90. The van der Waals surface area contributed by atoms with E-state index >= 15 is 0 Å². The Morgan fingerprint density at radius 2 is 2.05 bits per heavy atom. The highest BCUT2D eigenvalue weighted by Gasteiger charge is 2.29. The van der Waals surface area contributed by atoms with Crippen LogP contribution in [0.2, 0.25) is 0 Å². The van der Waals surface area contributed by atoms with Crippen LogP contribution in [0.5, 0.6) is 0 Å². The summed E-state index contributed by atoms with van der Waals surface area (Å²) in [5.74, 6) is 1.29. The zero-order chi connectivity index (χ0) is 15.7. The van der Waals surface area contributed by atoms with Gasteiger partial charge in [0.05, 0.1) is 19.3 Å². The molecule has 1 aromatic heterocycles. The van der Waals surface area contributed by atoms with Gasteiger partial charge in [-0.15, -0.1) is 10.2 Å². The van der Waals surface area contributed by atoms with Crippen LogP contribution in [0.4, 0.5) is 0 Å². The van der Waals surface area contributed by atoms with Crippen molar-refractivity contribution in [1.82, 2.24) is 15.1 Å². The zero-order valence-electron chi connectivity index (χ0n) is 13.7. The topological polar surface area (TPSA) is 51.4 Å². The number of rotatable bonds is 3. The second kappa shape index (κ2) is 6.18. The Balaban J connectivity index is 1.76. The van der Waals surface area contributed by atoms with E-state index in [-0.39, 0.29) is 6.10 Å². The van der Waals surface area contributed by atoms with Gasteiger partial charge in [0, 0.05) is 19.5 Å². The summed E-state index contributed by atoms with van der Waals surface area (Å²) in [4.78, 5) is 2.35. The molecule has 0 aliphatic carbocycles. The highest BCUT2D eigenvalue weighted by molar-refractivity contribution is 5.32. The predicted molar refractivity (Wildman–Crippen MR) is 83.5 cm³/mol. The molecule has 0 radical (unpaired) electrons. The van der Waals surface area contributed by atoms with Crippen LogP contribution >= 0.6 is 0 Å². The van der Waals surface area contributed by atoms with Crippen LogP contribution in [0.3, 0.4) is 0 Å². The molecular formula is C17H23N3O2. The molecule has 0 amide bonds. The number of nitrogens with zero attached hydrogens (tertiary/aromatic N) is 3. The van der Waals surface area contributed by atoms with Crippen LogP contribution in [-0.2, 0) is 11.3 Å². The Bertz CT molecular complexity index is 653. The van der Waals surface area contributed by atoms with Crippen LogP contribution in [0.1, 0.15) is 41.5 Å². The lowest BCUT2D eigenvalue weighted by atomic mass is 9.99. The highest BCUT2D eigenvalue weighted by Crippen LogP contribution is 2.28. The molecule has 1 aliphatic heterocycles. The van der Waals surface area contributed by atoms with Crippen molar-refractivity contribution < 1.29 is 9.15 Å². The van der Waals surface area contributed by atoms with Crippen molar-refractivity contribution in [1.29, 1.82) is 0 Å². The smallest absolute Gasteiger partial charge is 0.230 e. The largest absolute Gasteiger partial charge is 0.424 e. The quantitative estimate of drug-likeness (QED) is 0.872. The predicted octanol–water partition coefficient (Wildman–Crippen LogP) is 2.96. The van der Waals surface area contributed by atoms with Crippen molar-refractivity contribution in [2.75, 3.05) is 13.2 Å². The molecule has 3 rings (SSSR count). The van der Waals surface area contributed by atoms with E-state index in [2.05, 4.69) is 54.1 Å². The molecule has 0 saturated carbocycles. The molecular weight excluding hydrogens is 278 g/mol. The molecule has 1 saturated heterocycles. The van der Waals surface area contributed by atoms with Gasteiger partial charge in [0.25, 0.3) is 0 Å². The maximum absolute atomic E-state index is 6.08. The summed E-state index contributed by atoms with van der Waals surface area (Å²) in [5, 5.41) is 8.01. The van der Waals surface area contributed by atoms with Gasteiger partial charge in [-0.2, -0.15) is 0 Å². The molecule has 5 heteroatoms. The van der Waals surface area contributed by atoms with Crippen LogP contribution in [0.15, 0.2) is 22.6 Å². The van der Waals surface area contributed by atoms with Crippen LogP contribution in [0.25, 0.3) is 0 Å². The standard InChI is InChI=1S/C17H23N3O2/c1-11-5-6-12(2)15(7-11)16-8-20(13(3)10-21-16)9-17-19-18-14(4)22-17/h5-7,13,16H,8-10H2,1-4H3/t13-,16+/m1/s1. The second-order valence-electron chi connectivity index (χ2n) is 6.18. The van der Waals surface area contributed by atoms with Crippen LogP contribution in [-0.4, -0.2) is 34.3 Å². The fourth-order valence-electron chi connectivity index (χ4n) is 2.90. The average Bonchev–Trinajstić information content (AvgIpc) is 2.89. The molecule has 0 N–H and O–H groups in total. The SMILES string of the molecule is Cc1ccc(C)c([C@@H]2CN(Cc3nnc(C)o3)[C@H](C)CO2)c1. The zero-order valence-corrected chi connectivity index (χ0v) is 13.7. The summed E-state index contributed by atoms with van der Waals surface area (Å²) >= 11 is 0. The maximum atomic E-state index is 6.08. The minimum Gasteiger partial charge on any atom is -0.424 e. The average molecular weight is 301 g/mol. The van der Waals surface area contributed by atoms with Gasteiger partial charge in [-0.3, -0.25) is 4.90 Å². The monoisotopic (exact) mass is 301 g/mol. The van der Waals surface area contributed by atoms with E-state index in [0.717, 1.165) is 6.54 Å². The van der Waals surface area contributed by atoms with Gasteiger partial charge in [-0.25, -0.2) is 0 Å². The summed E-state index contributed by atoms with van der Waals surface area (Å²) in [6.45, 7) is 10.5. The minimum absolute atomic E-state index is 0.0973. The Kier molecular flexibility index (Phi) is 4.27. The summed E-state index contributed by atoms with van der Waals surface area (Å²) in [5.41, 5.74) is 3.82. The molecule has 1 aliphatic rings. The summed E-state index contributed by atoms with van der Waals surface area (Å²) < 4.78 is 11.6. The van der Waals surface area contributed by atoms with Crippen molar-refractivity contribution in [3.8, 4) is 0 Å². The number of hydrogen-bond donors (Lipinski definition) is 0. The van der Waals surface area contributed by atoms with Crippen LogP contribution in [0, 0.1) is 20.8 Å². The third kappa shape index (κ3) is 3.20.